The van der Waals surface area contributed by atoms with Gasteiger partial charge in [0.25, 0.3) is 0 Å². The van der Waals surface area contributed by atoms with Crippen molar-refractivity contribution in [2.24, 2.45) is 0 Å². The molecule has 2 rings (SSSR count). The van der Waals surface area contributed by atoms with Crippen molar-refractivity contribution in [2.45, 2.75) is 44.2 Å². The van der Waals surface area contributed by atoms with Crippen LogP contribution in [0, 0.1) is 0 Å². The molecule has 2 atom stereocenters. The van der Waals surface area contributed by atoms with E-state index in [0.29, 0.717) is 19.2 Å². The maximum Gasteiger partial charge on any atom is 0.214 e. The van der Waals surface area contributed by atoms with Gasteiger partial charge < -0.3 is 10.1 Å². The summed E-state index contributed by atoms with van der Waals surface area (Å²) in [5.74, 6) is 0.116. The van der Waals surface area contributed by atoms with E-state index >= 15 is 0 Å². The number of hydrogen-bond acceptors (Lipinski definition) is 4. The van der Waals surface area contributed by atoms with Gasteiger partial charge in [-0.25, -0.2) is 13.1 Å². The minimum atomic E-state index is -3.16. The van der Waals surface area contributed by atoms with Gasteiger partial charge in [0.2, 0.25) is 10.0 Å². The average Bonchev–Trinajstić information content (AvgIpc) is 2.89. The van der Waals surface area contributed by atoms with Crippen molar-refractivity contribution in [2.75, 3.05) is 25.4 Å². The summed E-state index contributed by atoms with van der Waals surface area (Å²) in [6.45, 7) is 2.30. The molecule has 0 bridgehead atoms. The third-order valence-electron chi connectivity index (χ3n) is 3.41. The molecule has 2 N–H and O–H groups in total. The zero-order valence-corrected chi connectivity index (χ0v) is 11.0. The summed E-state index contributed by atoms with van der Waals surface area (Å²) in [5, 5.41) is 3.36. The molecule has 2 heterocycles. The SMILES string of the molecule is O=S(=O)(CC1CCCO1)NCCC1CCCN1. The molecule has 2 aliphatic rings. The van der Waals surface area contributed by atoms with Gasteiger partial charge in [-0.3, -0.25) is 0 Å². The molecule has 2 unspecified atom stereocenters. The quantitative estimate of drug-likeness (QED) is 0.719. The Balaban J connectivity index is 1.65. The van der Waals surface area contributed by atoms with Crippen molar-refractivity contribution >= 4 is 10.0 Å². The molecule has 17 heavy (non-hydrogen) atoms. The van der Waals surface area contributed by atoms with Gasteiger partial charge in [0.1, 0.15) is 0 Å². The first-order valence-electron chi connectivity index (χ1n) is 6.48. The van der Waals surface area contributed by atoms with Gasteiger partial charge in [-0.2, -0.15) is 0 Å². The van der Waals surface area contributed by atoms with Crippen LogP contribution in [0.1, 0.15) is 32.1 Å². The summed E-state index contributed by atoms with van der Waals surface area (Å²) in [4.78, 5) is 0. The highest BCUT2D eigenvalue weighted by molar-refractivity contribution is 7.89. The van der Waals surface area contributed by atoms with Crippen molar-refractivity contribution in [1.29, 1.82) is 0 Å². The lowest BCUT2D eigenvalue weighted by molar-refractivity contribution is 0.127. The molecule has 0 radical (unpaired) electrons. The maximum atomic E-state index is 11.7. The van der Waals surface area contributed by atoms with E-state index in [2.05, 4.69) is 10.0 Å². The van der Waals surface area contributed by atoms with E-state index in [4.69, 9.17) is 4.74 Å². The molecule has 2 fully saturated rings. The first-order valence-corrected chi connectivity index (χ1v) is 8.13. The lowest BCUT2D eigenvalue weighted by atomic mass is 10.2. The highest BCUT2D eigenvalue weighted by atomic mass is 32.2. The highest BCUT2D eigenvalue weighted by Crippen LogP contribution is 2.13. The van der Waals surface area contributed by atoms with Gasteiger partial charge in [0.05, 0.1) is 11.9 Å². The Hall–Kier alpha value is -0.170. The van der Waals surface area contributed by atoms with Crippen LogP contribution in [0.3, 0.4) is 0 Å². The molecule has 0 spiro atoms. The van der Waals surface area contributed by atoms with Crippen LogP contribution in [-0.4, -0.2) is 46.0 Å². The Morgan fingerprint density at radius 1 is 1.29 bits per heavy atom. The summed E-state index contributed by atoms with van der Waals surface area (Å²) in [6, 6.07) is 0.487. The average molecular weight is 262 g/mol. The second-order valence-corrected chi connectivity index (χ2v) is 6.74. The molecule has 0 aromatic heterocycles. The summed E-state index contributed by atoms with van der Waals surface area (Å²) < 4.78 is 31.5. The minimum Gasteiger partial charge on any atom is -0.377 e. The second kappa shape index (κ2) is 6.13. The van der Waals surface area contributed by atoms with Crippen LogP contribution in [0.15, 0.2) is 0 Å². The van der Waals surface area contributed by atoms with E-state index in [1.807, 2.05) is 0 Å². The Morgan fingerprint density at radius 3 is 2.82 bits per heavy atom. The monoisotopic (exact) mass is 262 g/mol. The normalized spacial score (nSPS) is 29.9. The van der Waals surface area contributed by atoms with Gasteiger partial charge in [-0.05, 0) is 38.6 Å². The van der Waals surface area contributed by atoms with E-state index in [1.165, 1.54) is 6.42 Å². The number of rotatable bonds is 6. The van der Waals surface area contributed by atoms with Crippen LogP contribution < -0.4 is 10.0 Å². The zero-order chi connectivity index (χ0) is 12.1. The summed E-state index contributed by atoms with van der Waals surface area (Å²) >= 11 is 0. The molecular formula is C11H22N2O3S. The van der Waals surface area contributed by atoms with Gasteiger partial charge in [-0.1, -0.05) is 0 Å². The summed E-state index contributed by atoms with van der Waals surface area (Å²) in [5.41, 5.74) is 0. The van der Waals surface area contributed by atoms with Crippen LogP contribution in [-0.2, 0) is 14.8 Å². The van der Waals surface area contributed by atoms with Gasteiger partial charge in [0.15, 0.2) is 0 Å². The van der Waals surface area contributed by atoms with Crippen LogP contribution >= 0.6 is 0 Å². The Labute approximate surface area is 103 Å². The van der Waals surface area contributed by atoms with E-state index in [9.17, 15) is 8.42 Å². The predicted octanol–water partition coefficient (Wildman–Crippen LogP) is 0.227. The maximum absolute atomic E-state index is 11.7. The molecule has 0 aliphatic carbocycles. The lowest BCUT2D eigenvalue weighted by Gasteiger charge is -2.13. The molecule has 0 aromatic carbocycles. The van der Waals surface area contributed by atoms with Crippen LogP contribution in [0.5, 0.6) is 0 Å². The van der Waals surface area contributed by atoms with Crippen LogP contribution in [0.4, 0.5) is 0 Å². The molecule has 100 valence electrons. The van der Waals surface area contributed by atoms with Crippen LogP contribution in [0.2, 0.25) is 0 Å². The van der Waals surface area contributed by atoms with Crippen molar-refractivity contribution in [3.05, 3.63) is 0 Å². The first kappa shape index (κ1) is 13.3. The van der Waals surface area contributed by atoms with E-state index < -0.39 is 10.0 Å². The molecule has 0 aromatic rings. The van der Waals surface area contributed by atoms with Crippen LogP contribution in [0.25, 0.3) is 0 Å². The molecule has 0 amide bonds. The Morgan fingerprint density at radius 2 is 2.18 bits per heavy atom. The molecule has 6 heteroatoms. The highest BCUT2D eigenvalue weighted by Gasteiger charge is 2.23. The summed E-state index contributed by atoms with van der Waals surface area (Å²) in [7, 11) is -3.16. The number of hydrogen-bond donors (Lipinski definition) is 2. The Bertz CT molecular complexity index is 320. The summed E-state index contributed by atoms with van der Waals surface area (Å²) in [6.07, 6.45) is 4.99. The van der Waals surface area contributed by atoms with E-state index in [-0.39, 0.29) is 11.9 Å². The third-order valence-corrected chi connectivity index (χ3v) is 4.86. The van der Waals surface area contributed by atoms with Gasteiger partial charge in [-0.15, -0.1) is 0 Å². The minimum absolute atomic E-state index is 0.0999. The third kappa shape index (κ3) is 4.54. The standard InChI is InChI=1S/C11H22N2O3S/c14-17(15,9-11-4-2-8-16-11)13-7-5-10-3-1-6-12-10/h10-13H,1-9H2. The van der Waals surface area contributed by atoms with E-state index in [1.54, 1.807) is 0 Å². The topological polar surface area (TPSA) is 67.4 Å². The van der Waals surface area contributed by atoms with Crippen molar-refractivity contribution < 1.29 is 13.2 Å². The molecule has 2 aliphatic heterocycles. The largest absolute Gasteiger partial charge is 0.377 e. The predicted molar refractivity (Wildman–Crippen MR) is 66.4 cm³/mol. The first-order chi connectivity index (χ1) is 8.16. The smallest absolute Gasteiger partial charge is 0.214 e. The van der Waals surface area contributed by atoms with Crippen molar-refractivity contribution in [1.82, 2.24) is 10.0 Å². The van der Waals surface area contributed by atoms with Gasteiger partial charge in [0, 0.05) is 19.2 Å². The lowest BCUT2D eigenvalue weighted by Crippen LogP contribution is -2.35. The number of nitrogens with one attached hydrogen (secondary N) is 2. The fourth-order valence-corrected chi connectivity index (χ4v) is 3.77. The van der Waals surface area contributed by atoms with Crippen molar-refractivity contribution in [3.63, 3.8) is 0 Å². The molecule has 2 saturated heterocycles. The second-order valence-electron chi connectivity index (χ2n) is 4.89. The van der Waals surface area contributed by atoms with E-state index in [0.717, 1.165) is 32.2 Å². The molecule has 0 saturated carbocycles. The molecule has 5 nitrogen and oxygen atoms in total. The van der Waals surface area contributed by atoms with Gasteiger partial charge >= 0.3 is 0 Å². The zero-order valence-electron chi connectivity index (χ0n) is 10.2. The molecular weight excluding hydrogens is 240 g/mol. The van der Waals surface area contributed by atoms with Crippen molar-refractivity contribution in [3.8, 4) is 0 Å². The number of sulfonamides is 1. The fraction of sp³-hybridized carbons (Fsp3) is 1.00. The fourth-order valence-electron chi connectivity index (χ4n) is 2.47. The number of ether oxygens (including phenoxy) is 1. The Kier molecular flexibility index (Phi) is 4.78.